The summed E-state index contributed by atoms with van der Waals surface area (Å²) in [6.45, 7) is 6.87. The van der Waals surface area contributed by atoms with Crippen molar-refractivity contribution in [3.63, 3.8) is 0 Å². The van der Waals surface area contributed by atoms with Gasteiger partial charge in [-0.05, 0) is 44.7 Å². The number of carbonyl (C=O) groups is 2. The SMILES string of the molecule is CC(C)(C)OC(=O)NC(C)(C=O)c1csc(Cl)c1. The van der Waals surface area contributed by atoms with Crippen molar-refractivity contribution in [3.8, 4) is 0 Å². The third-order valence-corrected chi connectivity index (χ3v) is 3.25. The zero-order chi connectivity index (χ0) is 14.0. The molecule has 18 heavy (non-hydrogen) atoms. The van der Waals surface area contributed by atoms with E-state index in [4.69, 9.17) is 16.3 Å². The molecule has 4 nitrogen and oxygen atoms in total. The molecule has 0 radical (unpaired) electrons. The Morgan fingerprint density at radius 1 is 1.44 bits per heavy atom. The minimum absolute atomic E-state index is 0.559. The number of hydrogen-bond donors (Lipinski definition) is 1. The van der Waals surface area contributed by atoms with E-state index in [0.29, 0.717) is 16.2 Å². The van der Waals surface area contributed by atoms with Gasteiger partial charge in [-0.1, -0.05) is 11.6 Å². The van der Waals surface area contributed by atoms with Crippen molar-refractivity contribution in [2.45, 2.75) is 38.8 Å². The van der Waals surface area contributed by atoms with Gasteiger partial charge in [-0.15, -0.1) is 11.3 Å². The van der Waals surface area contributed by atoms with Crippen molar-refractivity contribution in [2.24, 2.45) is 0 Å². The molecule has 0 saturated heterocycles. The number of aldehydes is 1. The highest BCUT2D eigenvalue weighted by Gasteiger charge is 2.31. The molecular weight excluding hydrogens is 274 g/mol. The summed E-state index contributed by atoms with van der Waals surface area (Å²) >= 11 is 7.13. The Hall–Kier alpha value is -1.07. The lowest BCUT2D eigenvalue weighted by atomic mass is 9.97. The Morgan fingerprint density at radius 2 is 2.06 bits per heavy atom. The summed E-state index contributed by atoms with van der Waals surface area (Å²) in [6, 6.07) is 1.65. The summed E-state index contributed by atoms with van der Waals surface area (Å²) in [5, 5.41) is 4.28. The first-order valence-electron chi connectivity index (χ1n) is 5.38. The van der Waals surface area contributed by atoms with Crippen molar-refractivity contribution in [2.75, 3.05) is 0 Å². The van der Waals surface area contributed by atoms with E-state index in [1.165, 1.54) is 11.3 Å². The number of amides is 1. The highest BCUT2D eigenvalue weighted by molar-refractivity contribution is 7.14. The molecule has 1 amide bonds. The van der Waals surface area contributed by atoms with Gasteiger partial charge in [0.05, 0.1) is 4.34 Å². The van der Waals surface area contributed by atoms with Gasteiger partial charge >= 0.3 is 6.09 Å². The van der Waals surface area contributed by atoms with E-state index in [1.807, 2.05) is 0 Å². The maximum Gasteiger partial charge on any atom is 0.408 e. The first-order valence-corrected chi connectivity index (χ1v) is 6.64. The Balaban J connectivity index is 2.84. The number of ether oxygens (including phenoxy) is 1. The van der Waals surface area contributed by atoms with Gasteiger partial charge in [-0.25, -0.2) is 4.79 Å². The van der Waals surface area contributed by atoms with Gasteiger partial charge in [0.25, 0.3) is 0 Å². The standard InChI is InChI=1S/C12H16ClNO3S/c1-11(2,3)17-10(16)14-12(4,7-15)8-5-9(13)18-6-8/h5-7H,1-4H3,(H,14,16). The van der Waals surface area contributed by atoms with Gasteiger partial charge in [0.15, 0.2) is 0 Å². The van der Waals surface area contributed by atoms with Crippen molar-refractivity contribution >= 4 is 35.3 Å². The topological polar surface area (TPSA) is 55.4 Å². The molecule has 0 aliphatic rings. The number of alkyl carbamates (subject to hydrolysis) is 1. The number of hydrogen-bond acceptors (Lipinski definition) is 4. The van der Waals surface area contributed by atoms with E-state index in [2.05, 4.69) is 5.32 Å². The number of rotatable bonds is 3. The smallest absolute Gasteiger partial charge is 0.408 e. The summed E-state index contributed by atoms with van der Waals surface area (Å²) in [5.41, 5.74) is -1.11. The fourth-order valence-electron chi connectivity index (χ4n) is 1.27. The van der Waals surface area contributed by atoms with E-state index in [-0.39, 0.29) is 0 Å². The van der Waals surface area contributed by atoms with Gasteiger partial charge in [0.2, 0.25) is 0 Å². The lowest BCUT2D eigenvalue weighted by molar-refractivity contribution is -0.113. The van der Waals surface area contributed by atoms with Crippen molar-refractivity contribution in [3.05, 3.63) is 21.3 Å². The van der Waals surface area contributed by atoms with E-state index < -0.39 is 17.2 Å². The van der Waals surface area contributed by atoms with Crippen LogP contribution in [0.5, 0.6) is 0 Å². The molecule has 0 fully saturated rings. The second-order valence-electron chi connectivity index (χ2n) is 5.09. The van der Waals surface area contributed by atoms with Crippen LogP contribution in [-0.4, -0.2) is 18.0 Å². The zero-order valence-corrected chi connectivity index (χ0v) is 12.3. The predicted octanol–water partition coefficient (Wildman–Crippen LogP) is 3.34. The average Bonchev–Trinajstić information content (AvgIpc) is 2.62. The van der Waals surface area contributed by atoms with Crippen LogP contribution in [0.3, 0.4) is 0 Å². The van der Waals surface area contributed by atoms with Crippen LogP contribution in [-0.2, 0) is 15.1 Å². The molecule has 1 unspecified atom stereocenters. The van der Waals surface area contributed by atoms with Crippen LogP contribution >= 0.6 is 22.9 Å². The molecule has 0 aliphatic carbocycles. The van der Waals surface area contributed by atoms with E-state index >= 15 is 0 Å². The second kappa shape index (κ2) is 5.28. The van der Waals surface area contributed by atoms with Gasteiger partial charge in [-0.2, -0.15) is 0 Å². The van der Waals surface area contributed by atoms with Crippen molar-refractivity contribution < 1.29 is 14.3 Å². The van der Waals surface area contributed by atoms with E-state index in [0.717, 1.165) is 0 Å². The van der Waals surface area contributed by atoms with Crippen LogP contribution in [0.2, 0.25) is 4.34 Å². The molecule has 1 rings (SSSR count). The number of carbonyl (C=O) groups excluding carboxylic acids is 2. The van der Waals surface area contributed by atoms with Gasteiger partial charge < -0.3 is 14.8 Å². The second-order valence-corrected chi connectivity index (χ2v) is 6.63. The highest BCUT2D eigenvalue weighted by atomic mass is 35.5. The van der Waals surface area contributed by atoms with Gasteiger partial charge in [-0.3, -0.25) is 0 Å². The third kappa shape index (κ3) is 3.99. The largest absolute Gasteiger partial charge is 0.444 e. The summed E-state index contributed by atoms with van der Waals surface area (Å²) in [4.78, 5) is 22.9. The quantitative estimate of drug-likeness (QED) is 0.868. The van der Waals surface area contributed by atoms with E-state index in [9.17, 15) is 9.59 Å². The van der Waals surface area contributed by atoms with Crippen molar-refractivity contribution in [1.29, 1.82) is 0 Å². The molecule has 1 aromatic rings. The number of thiophene rings is 1. The first-order chi connectivity index (χ1) is 8.16. The molecule has 1 heterocycles. The maximum absolute atomic E-state index is 11.7. The Kier molecular flexibility index (Phi) is 4.40. The van der Waals surface area contributed by atoms with Crippen LogP contribution in [0.15, 0.2) is 11.4 Å². The summed E-state index contributed by atoms with van der Waals surface area (Å²) < 4.78 is 5.68. The summed E-state index contributed by atoms with van der Waals surface area (Å²) in [6.07, 6.45) is 0.0226. The molecule has 1 N–H and O–H groups in total. The normalized spacial score (nSPS) is 14.7. The molecule has 1 aromatic heterocycles. The minimum atomic E-state index is -1.13. The third-order valence-electron chi connectivity index (χ3n) is 2.16. The molecule has 0 spiro atoms. The average molecular weight is 290 g/mol. The molecule has 0 bridgehead atoms. The predicted molar refractivity (Wildman–Crippen MR) is 72.1 cm³/mol. The van der Waals surface area contributed by atoms with Crippen LogP contribution in [0, 0.1) is 0 Å². The van der Waals surface area contributed by atoms with Gasteiger partial charge in [0, 0.05) is 0 Å². The fourth-order valence-corrected chi connectivity index (χ4v) is 2.27. The Morgan fingerprint density at radius 3 is 2.44 bits per heavy atom. The Labute approximate surface area is 115 Å². The molecule has 0 aromatic carbocycles. The van der Waals surface area contributed by atoms with Gasteiger partial charge in [0.1, 0.15) is 17.4 Å². The fraction of sp³-hybridized carbons (Fsp3) is 0.500. The lowest BCUT2D eigenvalue weighted by Crippen LogP contribution is -2.46. The number of halogens is 1. The molecule has 100 valence electrons. The molecular formula is C12H16ClNO3S. The Bertz CT molecular complexity index is 452. The molecule has 0 saturated carbocycles. The van der Waals surface area contributed by atoms with Crippen LogP contribution in [0.4, 0.5) is 4.79 Å². The van der Waals surface area contributed by atoms with Crippen LogP contribution in [0.25, 0.3) is 0 Å². The molecule has 6 heteroatoms. The van der Waals surface area contributed by atoms with Crippen LogP contribution in [0.1, 0.15) is 33.3 Å². The highest BCUT2D eigenvalue weighted by Crippen LogP contribution is 2.28. The molecule has 0 aliphatic heterocycles. The van der Waals surface area contributed by atoms with Crippen LogP contribution < -0.4 is 5.32 Å². The minimum Gasteiger partial charge on any atom is -0.444 e. The maximum atomic E-state index is 11.7. The summed E-state index contributed by atoms with van der Waals surface area (Å²) in [5.74, 6) is 0. The molecule has 1 atom stereocenters. The lowest BCUT2D eigenvalue weighted by Gasteiger charge is -2.27. The van der Waals surface area contributed by atoms with E-state index in [1.54, 1.807) is 39.1 Å². The first kappa shape index (κ1) is 15.0. The van der Waals surface area contributed by atoms with Crippen molar-refractivity contribution in [1.82, 2.24) is 5.32 Å². The monoisotopic (exact) mass is 289 g/mol. The summed E-state index contributed by atoms with van der Waals surface area (Å²) in [7, 11) is 0. The zero-order valence-electron chi connectivity index (χ0n) is 10.7. The number of nitrogens with one attached hydrogen (secondary N) is 1.